The highest BCUT2D eigenvalue weighted by Crippen LogP contribution is 2.27. The van der Waals surface area contributed by atoms with E-state index in [4.69, 9.17) is 0 Å². The Kier molecular flexibility index (Phi) is 6.03. The molecule has 0 saturated carbocycles. The third-order valence-electron chi connectivity index (χ3n) is 4.54. The fourth-order valence-electron chi connectivity index (χ4n) is 3.16. The van der Waals surface area contributed by atoms with Gasteiger partial charge in [-0.25, -0.2) is 8.42 Å². The Hall–Kier alpha value is -3.12. The summed E-state index contributed by atoms with van der Waals surface area (Å²) in [6.45, 7) is 5.39. The largest absolute Gasteiger partial charge is 0.325 e. The molecule has 0 aliphatic heterocycles. The van der Waals surface area contributed by atoms with Gasteiger partial charge < -0.3 is 5.32 Å². The number of nitrogens with zero attached hydrogens (tertiary/aromatic N) is 1. The maximum Gasteiger partial charge on any atom is 0.264 e. The van der Waals surface area contributed by atoms with Gasteiger partial charge in [0, 0.05) is 5.69 Å². The highest BCUT2D eigenvalue weighted by atomic mass is 32.2. The molecule has 150 valence electrons. The highest BCUT2D eigenvalue weighted by molar-refractivity contribution is 7.92. The molecule has 1 N–H and O–H groups in total. The number of anilines is 2. The molecule has 3 aromatic rings. The summed E-state index contributed by atoms with van der Waals surface area (Å²) in [6, 6.07) is 21.0. The van der Waals surface area contributed by atoms with E-state index in [9.17, 15) is 13.2 Å². The summed E-state index contributed by atoms with van der Waals surface area (Å²) in [4.78, 5) is 12.9. The minimum Gasteiger partial charge on any atom is -0.325 e. The average molecular weight is 409 g/mol. The van der Waals surface area contributed by atoms with E-state index in [0.717, 1.165) is 16.7 Å². The first kappa shape index (κ1) is 20.6. The Bertz CT molecular complexity index is 1130. The van der Waals surface area contributed by atoms with Crippen molar-refractivity contribution in [3.63, 3.8) is 0 Å². The first-order valence-corrected chi connectivity index (χ1v) is 10.7. The van der Waals surface area contributed by atoms with Crippen LogP contribution in [0.2, 0.25) is 0 Å². The van der Waals surface area contributed by atoms with Crippen LogP contribution in [0.5, 0.6) is 0 Å². The van der Waals surface area contributed by atoms with Gasteiger partial charge in [0.05, 0.1) is 10.6 Å². The van der Waals surface area contributed by atoms with Crippen LogP contribution in [0.3, 0.4) is 0 Å². The molecule has 5 nitrogen and oxygen atoms in total. The minimum absolute atomic E-state index is 0.142. The summed E-state index contributed by atoms with van der Waals surface area (Å²) in [5, 5.41) is 2.79. The SMILES string of the molecule is Cc1cccc(NC(=O)CN(c2ccc(C)cc2C)S(=O)(=O)c2ccccc2)c1. The second kappa shape index (κ2) is 8.49. The molecule has 0 unspecified atom stereocenters. The monoisotopic (exact) mass is 408 g/mol. The number of benzene rings is 3. The van der Waals surface area contributed by atoms with Crippen LogP contribution in [0.25, 0.3) is 0 Å². The Morgan fingerprint density at radius 2 is 1.55 bits per heavy atom. The van der Waals surface area contributed by atoms with Crippen LogP contribution >= 0.6 is 0 Å². The van der Waals surface area contributed by atoms with Crippen LogP contribution in [-0.2, 0) is 14.8 Å². The van der Waals surface area contributed by atoms with Crippen molar-refractivity contribution in [1.82, 2.24) is 0 Å². The lowest BCUT2D eigenvalue weighted by molar-refractivity contribution is -0.114. The van der Waals surface area contributed by atoms with Crippen molar-refractivity contribution >= 4 is 27.3 Å². The number of sulfonamides is 1. The summed E-state index contributed by atoms with van der Waals surface area (Å²) >= 11 is 0. The van der Waals surface area contributed by atoms with Gasteiger partial charge in [-0.2, -0.15) is 0 Å². The van der Waals surface area contributed by atoms with Crippen molar-refractivity contribution in [1.29, 1.82) is 0 Å². The van der Waals surface area contributed by atoms with Crippen LogP contribution in [0.4, 0.5) is 11.4 Å². The quantitative estimate of drug-likeness (QED) is 0.655. The predicted octanol–water partition coefficient (Wildman–Crippen LogP) is 4.45. The van der Waals surface area contributed by atoms with E-state index in [1.807, 2.05) is 51.1 Å². The maximum absolute atomic E-state index is 13.4. The van der Waals surface area contributed by atoms with Gasteiger partial charge in [-0.15, -0.1) is 0 Å². The van der Waals surface area contributed by atoms with Gasteiger partial charge in [-0.1, -0.05) is 48.0 Å². The molecule has 3 rings (SSSR count). The summed E-state index contributed by atoms with van der Waals surface area (Å²) in [6.07, 6.45) is 0. The van der Waals surface area contributed by atoms with Gasteiger partial charge in [0.2, 0.25) is 5.91 Å². The summed E-state index contributed by atoms with van der Waals surface area (Å²) in [5.74, 6) is -0.407. The molecule has 0 radical (unpaired) electrons. The average Bonchev–Trinajstić information content (AvgIpc) is 2.67. The molecule has 0 fully saturated rings. The molecule has 0 atom stereocenters. The maximum atomic E-state index is 13.4. The van der Waals surface area contributed by atoms with Gasteiger partial charge in [-0.3, -0.25) is 9.10 Å². The van der Waals surface area contributed by atoms with Gasteiger partial charge in [0.15, 0.2) is 0 Å². The topological polar surface area (TPSA) is 66.5 Å². The second-order valence-electron chi connectivity index (χ2n) is 7.03. The normalized spacial score (nSPS) is 11.1. The smallest absolute Gasteiger partial charge is 0.264 e. The van der Waals surface area contributed by atoms with Gasteiger partial charge in [-0.05, 0) is 62.2 Å². The van der Waals surface area contributed by atoms with E-state index in [-0.39, 0.29) is 11.4 Å². The van der Waals surface area contributed by atoms with Crippen LogP contribution in [0, 0.1) is 20.8 Å². The number of hydrogen-bond acceptors (Lipinski definition) is 3. The van der Waals surface area contributed by atoms with E-state index >= 15 is 0 Å². The van der Waals surface area contributed by atoms with E-state index < -0.39 is 15.9 Å². The van der Waals surface area contributed by atoms with Crippen molar-refractivity contribution in [3.8, 4) is 0 Å². The van der Waals surface area contributed by atoms with E-state index in [2.05, 4.69) is 5.32 Å². The fraction of sp³-hybridized carbons (Fsp3) is 0.174. The lowest BCUT2D eigenvalue weighted by Crippen LogP contribution is -2.38. The molecule has 0 aliphatic carbocycles. The number of nitrogens with one attached hydrogen (secondary N) is 1. The van der Waals surface area contributed by atoms with E-state index in [1.165, 1.54) is 16.4 Å². The zero-order valence-corrected chi connectivity index (χ0v) is 17.5. The molecule has 0 spiro atoms. The molecule has 0 aliphatic rings. The van der Waals surface area contributed by atoms with Gasteiger partial charge in [0.1, 0.15) is 6.54 Å². The van der Waals surface area contributed by atoms with Crippen LogP contribution in [0.15, 0.2) is 77.7 Å². The van der Waals surface area contributed by atoms with Gasteiger partial charge >= 0.3 is 0 Å². The molecule has 0 bridgehead atoms. The van der Waals surface area contributed by atoms with E-state index in [0.29, 0.717) is 11.4 Å². The number of carbonyl (C=O) groups is 1. The number of hydrogen-bond donors (Lipinski definition) is 1. The minimum atomic E-state index is -3.91. The van der Waals surface area contributed by atoms with Crippen molar-refractivity contribution in [2.45, 2.75) is 25.7 Å². The van der Waals surface area contributed by atoms with E-state index in [1.54, 1.807) is 30.3 Å². The zero-order chi connectivity index (χ0) is 21.0. The summed E-state index contributed by atoms with van der Waals surface area (Å²) in [7, 11) is -3.91. The van der Waals surface area contributed by atoms with Crippen molar-refractivity contribution in [2.75, 3.05) is 16.2 Å². The molecule has 3 aromatic carbocycles. The number of carbonyl (C=O) groups excluding carboxylic acids is 1. The first-order chi connectivity index (χ1) is 13.8. The lowest BCUT2D eigenvalue weighted by Gasteiger charge is -2.26. The molecule has 0 saturated heterocycles. The zero-order valence-electron chi connectivity index (χ0n) is 16.7. The molecular formula is C23H24N2O3S. The molecule has 6 heteroatoms. The second-order valence-corrected chi connectivity index (χ2v) is 8.89. The number of amides is 1. The molecule has 0 heterocycles. The molecule has 29 heavy (non-hydrogen) atoms. The number of rotatable bonds is 6. The third kappa shape index (κ3) is 4.84. The van der Waals surface area contributed by atoms with Crippen molar-refractivity contribution < 1.29 is 13.2 Å². The van der Waals surface area contributed by atoms with Gasteiger partial charge in [0.25, 0.3) is 10.0 Å². The summed E-state index contributed by atoms with van der Waals surface area (Å²) in [5.41, 5.74) is 3.93. The molecule has 1 amide bonds. The fourth-order valence-corrected chi connectivity index (χ4v) is 4.66. The Balaban J connectivity index is 1.98. The molecular weight excluding hydrogens is 384 g/mol. The molecule has 0 aromatic heterocycles. The summed E-state index contributed by atoms with van der Waals surface area (Å²) < 4.78 is 27.9. The Labute approximate surface area is 172 Å². The first-order valence-electron chi connectivity index (χ1n) is 9.29. The van der Waals surface area contributed by atoms with Crippen LogP contribution in [-0.4, -0.2) is 20.9 Å². The van der Waals surface area contributed by atoms with Crippen LogP contribution < -0.4 is 9.62 Å². The number of aryl methyl sites for hydroxylation is 3. The third-order valence-corrected chi connectivity index (χ3v) is 6.32. The lowest BCUT2D eigenvalue weighted by atomic mass is 10.1. The van der Waals surface area contributed by atoms with Crippen molar-refractivity contribution in [2.24, 2.45) is 0 Å². The highest BCUT2D eigenvalue weighted by Gasteiger charge is 2.28. The predicted molar refractivity (Wildman–Crippen MR) is 117 cm³/mol. The Morgan fingerprint density at radius 1 is 0.862 bits per heavy atom. The standard InChI is InChI=1S/C23H24N2O3S/c1-17-8-7-9-20(15-17)24-23(26)16-25(22-13-12-18(2)14-19(22)3)29(27,28)21-10-5-4-6-11-21/h4-15H,16H2,1-3H3,(H,24,26). The van der Waals surface area contributed by atoms with Crippen molar-refractivity contribution in [3.05, 3.63) is 89.5 Å². The van der Waals surface area contributed by atoms with Crippen LogP contribution in [0.1, 0.15) is 16.7 Å². The Morgan fingerprint density at radius 3 is 2.21 bits per heavy atom.